The number of carbonyl (C=O) groups excluding carboxylic acids is 2. The Morgan fingerprint density at radius 2 is 1.49 bits per heavy atom. The number of hydrogen-bond acceptors (Lipinski definition) is 3. The van der Waals surface area contributed by atoms with E-state index in [0.29, 0.717) is 19.5 Å². The van der Waals surface area contributed by atoms with Crippen molar-refractivity contribution in [1.29, 1.82) is 0 Å². The van der Waals surface area contributed by atoms with Crippen LogP contribution in [0.15, 0.2) is 72.8 Å². The molecule has 0 spiro atoms. The molecule has 39 heavy (non-hydrogen) atoms. The maximum absolute atomic E-state index is 14.3. The normalized spacial score (nSPS) is 19.8. The van der Waals surface area contributed by atoms with Crippen molar-refractivity contribution >= 4 is 55.3 Å². The summed E-state index contributed by atoms with van der Waals surface area (Å²) in [7, 11) is 1.66. The van der Waals surface area contributed by atoms with E-state index in [1.165, 1.54) is 16.3 Å². The largest absolute Gasteiger partial charge is 0.497 e. The third kappa shape index (κ3) is 2.56. The molecule has 4 aromatic carbocycles. The van der Waals surface area contributed by atoms with Gasteiger partial charge < -0.3 is 18.8 Å². The van der Waals surface area contributed by atoms with Crippen LogP contribution in [0.3, 0.4) is 0 Å². The van der Waals surface area contributed by atoms with Gasteiger partial charge in [0.2, 0.25) is 0 Å². The molecule has 0 saturated heterocycles. The fraction of sp³-hybridized carbons (Fsp3) is 0.212. The molecule has 2 unspecified atom stereocenters. The van der Waals surface area contributed by atoms with E-state index in [4.69, 9.17) is 4.74 Å². The van der Waals surface area contributed by atoms with Gasteiger partial charge in [-0.2, -0.15) is 0 Å². The van der Waals surface area contributed by atoms with Crippen LogP contribution in [0.4, 0.5) is 0 Å². The molecule has 4 heterocycles. The molecule has 0 N–H and O–H groups in total. The fourth-order valence-corrected chi connectivity index (χ4v) is 7.71. The molecular formula is C33H25N3O3. The summed E-state index contributed by atoms with van der Waals surface area (Å²) >= 11 is 0. The number of ether oxygens (including phenoxy) is 1. The first-order valence-corrected chi connectivity index (χ1v) is 13.6. The number of Topliss-reactive ketones (excluding diaryl/α,β-unsaturated/α-hetero) is 1. The summed E-state index contributed by atoms with van der Waals surface area (Å²) in [5.74, 6) is 1.15. The van der Waals surface area contributed by atoms with Gasteiger partial charge in [-0.25, -0.2) is 0 Å². The van der Waals surface area contributed by atoms with Gasteiger partial charge in [0, 0.05) is 58.1 Å². The van der Waals surface area contributed by atoms with E-state index in [-0.39, 0.29) is 23.8 Å². The third-order valence-corrected chi connectivity index (χ3v) is 9.26. The van der Waals surface area contributed by atoms with Crippen LogP contribution in [0.5, 0.6) is 5.75 Å². The average molecular weight is 512 g/mol. The van der Waals surface area contributed by atoms with E-state index in [0.717, 1.165) is 56.2 Å². The van der Waals surface area contributed by atoms with Crippen LogP contribution in [0.1, 0.15) is 46.4 Å². The summed E-state index contributed by atoms with van der Waals surface area (Å²) in [6, 6.07) is 24.7. The number of para-hydroxylation sites is 2. The van der Waals surface area contributed by atoms with Gasteiger partial charge in [0.05, 0.1) is 29.7 Å². The standard InChI is InChI=1S/C33H25N3O3/c1-39-20-12-10-18(11-13-20)16-34-17-23-28-21-6-2-4-8-24(21)35-19-14-26(27(37)15-19)36-25-9-5-3-7-22(25)29(30(23)33(34)38)32(36)31(28)35/h2-13,19,26H,14-17H2,1H3. The molecule has 2 bridgehead atoms. The Labute approximate surface area is 224 Å². The minimum absolute atomic E-state index is 0.0585. The topological polar surface area (TPSA) is 56.5 Å². The van der Waals surface area contributed by atoms with Gasteiger partial charge >= 0.3 is 0 Å². The van der Waals surface area contributed by atoms with Gasteiger partial charge in [-0.15, -0.1) is 0 Å². The first kappa shape index (κ1) is 21.4. The van der Waals surface area contributed by atoms with Gasteiger partial charge in [0.15, 0.2) is 5.78 Å². The number of fused-ring (bicyclic) bond motifs is 13. The van der Waals surface area contributed by atoms with E-state index in [9.17, 15) is 9.59 Å². The zero-order chi connectivity index (χ0) is 26.0. The molecule has 0 radical (unpaired) electrons. The number of methoxy groups -OCH3 is 1. The van der Waals surface area contributed by atoms with Crippen LogP contribution >= 0.6 is 0 Å². The summed E-state index contributed by atoms with van der Waals surface area (Å²) in [5, 5.41) is 4.39. The number of ketones is 1. The van der Waals surface area contributed by atoms with Gasteiger partial charge in [-0.05, 0) is 41.8 Å². The second kappa shape index (κ2) is 7.29. The van der Waals surface area contributed by atoms with Gasteiger partial charge in [0.1, 0.15) is 5.75 Å². The first-order chi connectivity index (χ1) is 19.1. The summed E-state index contributed by atoms with van der Waals surface area (Å²) in [6.45, 7) is 1.09. The Balaban J connectivity index is 1.41. The molecule has 1 fully saturated rings. The lowest BCUT2D eigenvalue weighted by Crippen LogP contribution is -2.23. The Morgan fingerprint density at radius 3 is 2.23 bits per heavy atom. The maximum atomic E-state index is 14.3. The lowest BCUT2D eigenvalue weighted by Gasteiger charge is -2.16. The zero-order valence-electron chi connectivity index (χ0n) is 21.5. The van der Waals surface area contributed by atoms with Gasteiger partial charge in [0.25, 0.3) is 5.91 Å². The molecule has 2 aliphatic heterocycles. The highest BCUT2D eigenvalue weighted by Gasteiger charge is 2.44. The van der Waals surface area contributed by atoms with Crippen LogP contribution in [-0.4, -0.2) is 32.8 Å². The van der Waals surface area contributed by atoms with Crippen molar-refractivity contribution in [3.8, 4) is 5.75 Å². The van der Waals surface area contributed by atoms with Crippen molar-refractivity contribution in [3.05, 3.63) is 89.5 Å². The van der Waals surface area contributed by atoms with E-state index < -0.39 is 0 Å². The molecular weight excluding hydrogens is 486 g/mol. The Bertz CT molecular complexity index is 2060. The molecule has 2 aromatic heterocycles. The fourth-order valence-electron chi connectivity index (χ4n) is 7.71. The summed E-state index contributed by atoms with van der Waals surface area (Å²) in [5.41, 5.74) is 7.40. The SMILES string of the molecule is COc1ccc(CN2Cc3c(c4c5ccccc5n5c4c4c3c3ccccc3n4C3CC(=O)C5C3)C2=O)cc1. The summed E-state index contributed by atoms with van der Waals surface area (Å²) in [4.78, 5) is 29.7. The zero-order valence-corrected chi connectivity index (χ0v) is 21.5. The Hall–Kier alpha value is -4.58. The van der Waals surface area contributed by atoms with E-state index in [1.807, 2.05) is 41.3 Å². The predicted molar refractivity (Wildman–Crippen MR) is 151 cm³/mol. The smallest absolute Gasteiger partial charge is 0.255 e. The second-order valence-corrected chi connectivity index (χ2v) is 11.2. The van der Waals surface area contributed by atoms with Crippen LogP contribution in [-0.2, 0) is 17.9 Å². The molecule has 6 nitrogen and oxygen atoms in total. The molecule has 1 aliphatic carbocycles. The van der Waals surface area contributed by atoms with Crippen LogP contribution in [0, 0.1) is 0 Å². The van der Waals surface area contributed by atoms with Gasteiger partial charge in [-0.1, -0.05) is 48.5 Å². The second-order valence-electron chi connectivity index (χ2n) is 11.2. The van der Waals surface area contributed by atoms with Crippen molar-refractivity contribution in [2.45, 2.75) is 38.0 Å². The van der Waals surface area contributed by atoms with Crippen molar-refractivity contribution in [2.24, 2.45) is 0 Å². The number of nitrogens with zero attached hydrogens (tertiary/aromatic N) is 3. The number of hydrogen-bond donors (Lipinski definition) is 0. The molecule has 2 atom stereocenters. The quantitative estimate of drug-likeness (QED) is 0.272. The number of aromatic nitrogens is 2. The van der Waals surface area contributed by atoms with E-state index in [1.54, 1.807) is 7.11 Å². The van der Waals surface area contributed by atoms with Crippen molar-refractivity contribution in [3.63, 3.8) is 0 Å². The monoisotopic (exact) mass is 511 g/mol. The average Bonchev–Trinajstić information content (AvgIpc) is 3.66. The Kier molecular flexibility index (Phi) is 3.99. The molecule has 1 saturated carbocycles. The minimum atomic E-state index is -0.204. The van der Waals surface area contributed by atoms with E-state index in [2.05, 4.69) is 45.5 Å². The highest BCUT2D eigenvalue weighted by Crippen LogP contribution is 2.53. The van der Waals surface area contributed by atoms with E-state index >= 15 is 0 Å². The summed E-state index contributed by atoms with van der Waals surface area (Å²) in [6.07, 6.45) is 1.34. The molecule has 9 rings (SSSR count). The minimum Gasteiger partial charge on any atom is -0.497 e. The van der Waals surface area contributed by atoms with Gasteiger partial charge in [-0.3, -0.25) is 9.59 Å². The lowest BCUT2D eigenvalue weighted by molar-refractivity contribution is -0.120. The molecule has 3 aliphatic rings. The molecule has 1 amide bonds. The number of rotatable bonds is 3. The van der Waals surface area contributed by atoms with Crippen LogP contribution < -0.4 is 4.74 Å². The van der Waals surface area contributed by atoms with Crippen molar-refractivity contribution in [2.75, 3.05) is 7.11 Å². The predicted octanol–water partition coefficient (Wildman–Crippen LogP) is 6.53. The summed E-state index contributed by atoms with van der Waals surface area (Å²) < 4.78 is 10.0. The highest BCUT2D eigenvalue weighted by molar-refractivity contribution is 6.31. The lowest BCUT2D eigenvalue weighted by atomic mass is 9.97. The van der Waals surface area contributed by atoms with Crippen molar-refractivity contribution in [1.82, 2.24) is 14.0 Å². The third-order valence-electron chi connectivity index (χ3n) is 9.26. The highest BCUT2D eigenvalue weighted by atomic mass is 16.5. The maximum Gasteiger partial charge on any atom is 0.255 e. The molecule has 190 valence electrons. The molecule has 6 heteroatoms. The first-order valence-electron chi connectivity index (χ1n) is 13.6. The van der Waals surface area contributed by atoms with Crippen molar-refractivity contribution < 1.29 is 14.3 Å². The molecule has 6 aromatic rings. The van der Waals surface area contributed by atoms with Crippen LogP contribution in [0.2, 0.25) is 0 Å². The Morgan fingerprint density at radius 1 is 0.821 bits per heavy atom. The number of carbonyl (C=O) groups is 2. The van der Waals surface area contributed by atoms with Crippen LogP contribution in [0.25, 0.3) is 43.6 Å². The number of amides is 1. The number of benzene rings is 4.